The van der Waals surface area contributed by atoms with Gasteiger partial charge in [0, 0.05) is 18.9 Å². The summed E-state index contributed by atoms with van der Waals surface area (Å²) in [6.45, 7) is 0.880. The normalized spacial score (nSPS) is 23.8. The van der Waals surface area contributed by atoms with E-state index in [9.17, 15) is 0 Å². The van der Waals surface area contributed by atoms with Crippen molar-refractivity contribution >= 4 is 0 Å². The lowest BCUT2D eigenvalue weighted by molar-refractivity contribution is 0.108. The van der Waals surface area contributed by atoms with Crippen molar-refractivity contribution in [2.75, 3.05) is 6.61 Å². The predicted molar refractivity (Wildman–Crippen MR) is 41.0 cm³/mol. The van der Waals surface area contributed by atoms with Crippen LogP contribution < -0.4 is 0 Å². The summed E-state index contributed by atoms with van der Waals surface area (Å²) in [7, 11) is 0. The Labute approximate surface area is 66.2 Å². The first kappa shape index (κ1) is 6.80. The highest BCUT2D eigenvalue weighted by atomic mass is 16.5. The second-order valence-electron chi connectivity index (χ2n) is 2.68. The second-order valence-corrected chi connectivity index (χ2v) is 2.68. The maximum absolute atomic E-state index is 5.46. The van der Waals surface area contributed by atoms with Gasteiger partial charge in [0.2, 0.25) is 0 Å². The third-order valence-corrected chi connectivity index (χ3v) is 1.90. The van der Waals surface area contributed by atoms with Gasteiger partial charge in [0.25, 0.3) is 0 Å². The van der Waals surface area contributed by atoms with E-state index in [1.54, 1.807) is 6.20 Å². The molecule has 0 N–H and O–H groups in total. The molecule has 1 aliphatic rings. The Bertz CT molecular complexity index is 216. The molecule has 1 radical (unpaired) electrons. The molecule has 2 heterocycles. The smallest absolute Gasteiger partial charge is 0.0995 e. The summed E-state index contributed by atoms with van der Waals surface area (Å²) >= 11 is 0. The Kier molecular flexibility index (Phi) is 1.86. The van der Waals surface area contributed by atoms with Gasteiger partial charge in [0.05, 0.1) is 11.8 Å². The van der Waals surface area contributed by atoms with Crippen molar-refractivity contribution in [2.45, 2.75) is 18.9 Å². The van der Waals surface area contributed by atoms with E-state index in [1.165, 1.54) is 0 Å². The molecule has 1 fully saturated rings. The van der Waals surface area contributed by atoms with Gasteiger partial charge in [-0.15, -0.1) is 0 Å². The van der Waals surface area contributed by atoms with E-state index in [4.69, 9.17) is 4.74 Å². The Balaban J connectivity index is 2.16. The SMILES string of the molecule is [c]1ccc(C2CCCO2)nc1. The highest BCUT2D eigenvalue weighted by Gasteiger charge is 2.17. The molecule has 2 rings (SSSR count). The van der Waals surface area contributed by atoms with Crippen molar-refractivity contribution in [2.24, 2.45) is 0 Å². The molecule has 1 unspecified atom stereocenters. The zero-order chi connectivity index (χ0) is 7.52. The Hall–Kier alpha value is -0.890. The highest BCUT2D eigenvalue weighted by molar-refractivity contribution is 5.06. The van der Waals surface area contributed by atoms with Gasteiger partial charge in [-0.3, -0.25) is 4.98 Å². The molecule has 0 aromatic carbocycles. The summed E-state index contributed by atoms with van der Waals surface area (Å²) in [6, 6.07) is 6.74. The van der Waals surface area contributed by atoms with Crippen molar-refractivity contribution in [3.63, 3.8) is 0 Å². The van der Waals surface area contributed by atoms with Crippen LogP contribution in [0.4, 0.5) is 0 Å². The fourth-order valence-electron chi connectivity index (χ4n) is 1.33. The van der Waals surface area contributed by atoms with Crippen molar-refractivity contribution in [1.82, 2.24) is 4.98 Å². The number of aromatic nitrogens is 1. The largest absolute Gasteiger partial charge is 0.372 e. The summed E-state index contributed by atoms with van der Waals surface area (Å²) in [5.74, 6) is 0. The summed E-state index contributed by atoms with van der Waals surface area (Å²) in [6.07, 6.45) is 4.20. The van der Waals surface area contributed by atoms with Gasteiger partial charge in [0.1, 0.15) is 0 Å². The maximum atomic E-state index is 5.46. The Morgan fingerprint density at radius 3 is 3.27 bits per heavy atom. The lowest BCUT2D eigenvalue weighted by Gasteiger charge is -2.06. The van der Waals surface area contributed by atoms with Crippen LogP contribution in [0.3, 0.4) is 0 Å². The minimum atomic E-state index is 0.240. The molecule has 0 bridgehead atoms. The summed E-state index contributed by atoms with van der Waals surface area (Å²) < 4.78 is 5.46. The third-order valence-electron chi connectivity index (χ3n) is 1.90. The minimum absolute atomic E-state index is 0.240. The zero-order valence-corrected chi connectivity index (χ0v) is 6.29. The first-order chi connectivity index (χ1) is 5.47. The number of hydrogen-bond donors (Lipinski definition) is 0. The molecule has 57 valence electrons. The van der Waals surface area contributed by atoms with E-state index in [0.29, 0.717) is 0 Å². The van der Waals surface area contributed by atoms with Crippen LogP contribution >= 0.6 is 0 Å². The topological polar surface area (TPSA) is 22.1 Å². The van der Waals surface area contributed by atoms with Gasteiger partial charge in [-0.1, -0.05) is 6.07 Å². The lowest BCUT2D eigenvalue weighted by Crippen LogP contribution is -1.97. The molecule has 2 nitrogen and oxygen atoms in total. The van der Waals surface area contributed by atoms with Gasteiger partial charge >= 0.3 is 0 Å². The number of nitrogens with zero attached hydrogens (tertiary/aromatic N) is 1. The summed E-state index contributed by atoms with van der Waals surface area (Å²) in [4.78, 5) is 4.18. The number of hydrogen-bond acceptors (Lipinski definition) is 2. The molecule has 0 spiro atoms. The summed E-state index contributed by atoms with van der Waals surface area (Å²) in [5.41, 5.74) is 1.04. The van der Waals surface area contributed by atoms with Gasteiger partial charge in [0.15, 0.2) is 0 Å². The van der Waals surface area contributed by atoms with Crippen LogP contribution in [0.2, 0.25) is 0 Å². The quantitative estimate of drug-likeness (QED) is 0.605. The molecule has 0 aliphatic carbocycles. The molecule has 0 amide bonds. The number of pyridine rings is 1. The number of rotatable bonds is 1. The van der Waals surface area contributed by atoms with Crippen molar-refractivity contribution in [3.05, 3.63) is 30.1 Å². The van der Waals surface area contributed by atoms with Gasteiger partial charge in [-0.2, -0.15) is 0 Å². The molecule has 1 saturated heterocycles. The third kappa shape index (κ3) is 1.40. The van der Waals surface area contributed by atoms with E-state index in [2.05, 4.69) is 11.1 Å². The van der Waals surface area contributed by atoms with Crippen LogP contribution in [0.15, 0.2) is 18.3 Å². The molecule has 2 heteroatoms. The Morgan fingerprint density at radius 1 is 1.64 bits per heavy atom. The highest BCUT2D eigenvalue weighted by Crippen LogP contribution is 2.26. The van der Waals surface area contributed by atoms with Crippen LogP contribution in [0.5, 0.6) is 0 Å². The molecular weight excluding hydrogens is 138 g/mol. The van der Waals surface area contributed by atoms with Gasteiger partial charge in [-0.05, 0) is 18.9 Å². The van der Waals surface area contributed by atoms with Crippen LogP contribution in [0, 0.1) is 6.07 Å². The lowest BCUT2D eigenvalue weighted by atomic mass is 10.2. The van der Waals surface area contributed by atoms with Crippen LogP contribution in [0.25, 0.3) is 0 Å². The average Bonchev–Trinajstić information content (AvgIpc) is 2.58. The van der Waals surface area contributed by atoms with Gasteiger partial charge < -0.3 is 4.74 Å². The maximum Gasteiger partial charge on any atom is 0.0995 e. The average molecular weight is 148 g/mol. The van der Waals surface area contributed by atoms with Crippen LogP contribution in [-0.2, 0) is 4.74 Å². The molecule has 1 atom stereocenters. The van der Waals surface area contributed by atoms with Crippen LogP contribution in [0.1, 0.15) is 24.6 Å². The molecule has 1 aromatic rings. The van der Waals surface area contributed by atoms with E-state index in [0.717, 1.165) is 25.1 Å². The van der Waals surface area contributed by atoms with Crippen LogP contribution in [-0.4, -0.2) is 11.6 Å². The molecular formula is C9H10NO. The van der Waals surface area contributed by atoms with Crippen molar-refractivity contribution in [3.8, 4) is 0 Å². The van der Waals surface area contributed by atoms with E-state index >= 15 is 0 Å². The fraction of sp³-hybridized carbons (Fsp3) is 0.444. The molecule has 1 aromatic heterocycles. The van der Waals surface area contributed by atoms with Crippen molar-refractivity contribution in [1.29, 1.82) is 0 Å². The molecule has 1 aliphatic heterocycles. The predicted octanol–water partition coefficient (Wildman–Crippen LogP) is 1.73. The standard InChI is InChI=1S/C9H10NO/c1-2-6-10-8(4-1)9-5-3-7-11-9/h1,4,6,9H,3,5,7H2. The number of ether oxygens (including phenoxy) is 1. The van der Waals surface area contributed by atoms with E-state index in [1.807, 2.05) is 12.1 Å². The fourth-order valence-corrected chi connectivity index (χ4v) is 1.33. The zero-order valence-electron chi connectivity index (χ0n) is 6.29. The van der Waals surface area contributed by atoms with Crippen molar-refractivity contribution < 1.29 is 4.74 Å². The van der Waals surface area contributed by atoms with E-state index in [-0.39, 0.29) is 6.10 Å². The Morgan fingerprint density at radius 2 is 2.64 bits per heavy atom. The van der Waals surface area contributed by atoms with Gasteiger partial charge in [-0.25, -0.2) is 0 Å². The molecule has 11 heavy (non-hydrogen) atoms. The monoisotopic (exact) mass is 148 g/mol. The molecule has 0 saturated carbocycles. The van der Waals surface area contributed by atoms with E-state index < -0.39 is 0 Å². The first-order valence-electron chi connectivity index (χ1n) is 3.90. The second kappa shape index (κ2) is 3.01. The first-order valence-corrected chi connectivity index (χ1v) is 3.90. The summed E-state index contributed by atoms with van der Waals surface area (Å²) in [5, 5.41) is 0. The minimum Gasteiger partial charge on any atom is -0.372 e.